The van der Waals surface area contributed by atoms with Gasteiger partial charge in [-0.2, -0.15) is 13.2 Å². The Bertz CT molecular complexity index is 388. The van der Waals surface area contributed by atoms with Crippen LogP contribution in [0.15, 0.2) is 0 Å². The standard InChI is InChI=1S/C10H15F3O4S/c1-7(14)17-9(10(11,12)13)6-8-2-4-18(15,16)5-3-8/h8-9H,2-6H2,1H3. The summed E-state index contributed by atoms with van der Waals surface area (Å²) < 4.78 is 64.3. The van der Waals surface area contributed by atoms with E-state index in [1.165, 1.54) is 0 Å². The fraction of sp³-hybridized carbons (Fsp3) is 0.900. The molecular weight excluding hydrogens is 273 g/mol. The highest BCUT2D eigenvalue weighted by molar-refractivity contribution is 7.91. The van der Waals surface area contributed by atoms with Gasteiger partial charge in [-0.25, -0.2) is 8.42 Å². The molecule has 1 saturated heterocycles. The van der Waals surface area contributed by atoms with E-state index in [1.807, 2.05) is 0 Å². The van der Waals surface area contributed by atoms with Gasteiger partial charge in [0.2, 0.25) is 0 Å². The second kappa shape index (κ2) is 5.46. The van der Waals surface area contributed by atoms with Crippen molar-refractivity contribution in [3.63, 3.8) is 0 Å². The summed E-state index contributed by atoms with van der Waals surface area (Å²) in [6.07, 6.45) is -6.73. The van der Waals surface area contributed by atoms with E-state index in [9.17, 15) is 26.4 Å². The van der Waals surface area contributed by atoms with E-state index >= 15 is 0 Å². The Hall–Kier alpha value is -0.790. The first-order valence-electron chi connectivity index (χ1n) is 5.54. The van der Waals surface area contributed by atoms with Crippen LogP contribution >= 0.6 is 0 Å². The number of ether oxygens (including phenoxy) is 1. The van der Waals surface area contributed by atoms with Crippen molar-refractivity contribution in [2.24, 2.45) is 5.92 Å². The Balaban J connectivity index is 2.60. The second-order valence-corrected chi connectivity index (χ2v) is 6.77. The molecule has 1 unspecified atom stereocenters. The van der Waals surface area contributed by atoms with E-state index in [2.05, 4.69) is 4.74 Å². The number of sulfone groups is 1. The Morgan fingerprint density at radius 3 is 2.22 bits per heavy atom. The van der Waals surface area contributed by atoms with Gasteiger partial charge in [-0.15, -0.1) is 0 Å². The molecule has 0 spiro atoms. The SMILES string of the molecule is CC(=O)OC(CC1CCS(=O)(=O)CC1)C(F)(F)F. The van der Waals surface area contributed by atoms with E-state index in [0.29, 0.717) is 0 Å². The Morgan fingerprint density at radius 1 is 1.33 bits per heavy atom. The highest BCUT2D eigenvalue weighted by atomic mass is 32.2. The maximum absolute atomic E-state index is 12.6. The van der Waals surface area contributed by atoms with Crippen molar-refractivity contribution in [1.29, 1.82) is 0 Å². The van der Waals surface area contributed by atoms with Crippen molar-refractivity contribution in [1.82, 2.24) is 0 Å². The molecule has 0 bridgehead atoms. The molecule has 1 rings (SSSR count). The van der Waals surface area contributed by atoms with Gasteiger partial charge in [-0.3, -0.25) is 4.79 Å². The number of esters is 1. The maximum atomic E-state index is 12.6. The molecule has 8 heteroatoms. The van der Waals surface area contributed by atoms with Crippen LogP contribution in [0.4, 0.5) is 13.2 Å². The van der Waals surface area contributed by atoms with Crippen LogP contribution in [0.2, 0.25) is 0 Å². The first-order valence-corrected chi connectivity index (χ1v) is 7.36. The molecule has 18 heavy (non-hydrogen) atoms. The van der Waals surface area contributed by atoms with Crippen molar-refractivity contribution in [2.75, 3.05) is 11.5 Å². The van der Waals surface area contributed by atoms with Crippen LogP contribution in [-0.2, 0) is 19.4 Å². The average molecular weight is 288 g/mol. The molecule has 1 atom stereocenters. The van der Waals surface area contributed by atoms with E-state index in [0.717, 1.165) is 6.92 Å². The number of carbonyl (C=O) groups is 1. The molecule has 0 N–H and O–H groups in total. The quantitative estimate of drug-likeness (QED) is 0.742. The summed E-state index contributed by atoms with van der Waals surface area (Å²) in [5.41, 5.74) is 0. The summed E-state index contributed by atoms with van der Waals surface area (Å²) in [5.74, 6) is -1.55. The van der Waals surface area contributed by atoms with Gasteiger partial charge < -0.3 is 4.74 Å². The van der Waals surface area contributed by atoms with E-state index in [4.69, 9.17) is 0 Å². The van der Waals surface area contributed by atoms with Gasteiger partial charge in [0.1, 0.15) is 9.84 Å². The topological polar surface area (TPSA) is 60.4 Å². The molecule has 1 aliphatic heterocycles. The summed E-state index contributed by atoms with van der Waals surface area (Å²) in [5, 5.41) is 0. The minimum atomic E-state index is -4.61. The summed E-state index contributed by atoms with van der Waals surface area (Å²) in [7, 11) is -3.10. The minimum absolute atomic E-state index is 0.0949. The van der Waals surface area contributed by atoms with Crippen molar-refractivity contribution >= 4 is 15.8 Å². The van der Waals surface area contributed by atoms with E-state index < -0.39 is 28.1 Å². The molecular formula is C10H15F3O4S. The first-order chi connectivity index (χ1) is 8.10. The third-order valence-corrected chi connectivity index (χ3v) is 4.61. The second-order valence-electron chi connectivity index (χ2n) is 4.47. The van der Waals surface area contributed by atoms with Gasteiger partial charge in [-0.05, 0) is 25.2 Å². The molecule has 0 aromatic carbocycles. The third-order valence-electron chi connectivity index (χ3n) is 2.89. The molecule has 0 aromatic heterocycles. The molecule has 1 aliphatic rings. The maximum Gasteiger partial charge on any atom is 0.425 e. The van der Waals surface area contributed by atoms with Gasteiger partial charge in [0, 0.05) is 6.92 Å². The predicted molar refractivity (Wildman–Crippen MR) is 57.6 cm³/mol. The predicted octanol–water partition coefficient (Wildman–Crippen LogP) is 1.70. The van der Waals surface area contributed by atoms with Gasteiger partial charge in [0.15, 0.2) is 6.10 Å². The first kappa shape index (κ1) is 15.3. The molecule has 4 nitrogen and oxygen atoms in total. The molecule has 106 valence electrons. The smallest absolute Gasteiger partial charge is 0.425 e. The van der Waals surface area contributed by atoms with Crippen molar-refractivity contribution in [3.8, 4) is 0 Å². The number of rotatable bonds is 3. The van der Waals surface area contributed by atoms with Crippen LogP contribution in [0, 0.1) is 5.92 Å². The zero-order valence-electron chi connectivity index (χ0n) is 9.87. The summed E-state index contributed by atoms with van der Waals surface area (Å²) in [6, 6.07) is 0. The zero-order chi connectivity index (χ0) is 14.0. The van der Waals surface area contributed by atoms with Crippen molar-refractivity contribution in [3.05, 3.63) is 0 Å². The lowest BCUT2D eigenvalue weighted by molar-refractivity contribution is -0.224. The normalized spacial score (nSPS) is 22.4. The highest BCUT2D eigenvalue weighted by Crippen LogP contribution is 2.32. The van der Waals surface area contributed by atoms with Crippen LogP contribution in [0.25, 0.3) is 0 Å². The molecule has 1 fully saturated rings. The molecule has 0 aromatic rings. The highest BCUT2D eigenvalue weighted by Gasteiger charge is 2.44. The van der Waals surface area contributed by atoms with Gasteiger partial charge in [-0.1, -0.05) is 0 Å². The Labute approximate surface area is 103 Å². The van der Waals surface area contributed by atoms with Crippen LogP contribution in [0.5, 0.6) is 0 Å². The lowest BCUT2D eigenvalue weighted by atomic mass is 9.95. The third kappa shape index (κ3) is 4.83. The lowest BCUT2D eigenvalue weighted by Gasteiger charge is -2.27. The van der Waals surface area contributed by atoms with Crippen LogP contribution < -0.4 is 0 Å². The van der Waals surface area contributed by atoms with E-state index in [-0.39, 0.29) is 36.7 Å². The summed E-state index contributed by atoms with van der Waals surface area (Å²) >= 11 is 0. The molecule has 0 amide bonds. The van der Waals surface area contributed by atoms with Crippen LogP contribution in [-0.4, -0.2) is 38.2 Å². The molecule has 1 heterocycles. The monoisotopic (exact) mass is 288 g/mol. The summed E-state index contributed by atoms with van der Waals surface area (Å²) in [6.45, 7) is 0.921. The minimum Gasteiger partial charge on any atom is -0.453 e. The lowest BCUT2D eigenvalue weighted by Crippen LogP contribution is -2.37. The summed E-state index contributed by atoms with van der Waals surface area (Å²) in [4.78, 5) is 10.6. The van der Waals surface area contributed by atoms with Crippen LogP contribution in [0.1, 0.15) is 26.2 Å². The number of carbonyl (C=O) groups excluding carboxylic acids is 1. The molecule has 0 radical (unpaired) electrons. The Morgan fingerprint density at radius 2 is 1.83 bits per heavy atom. The fourth-order valence-electron chi connectivity index (χ4n) is 1.93. The number of halogens is 3. The number of hydrogen-bond acceptors (Lipinski definition) is 4. The van der Waals surface area contributed by atoms with Gasteiger partial charge >= 0.3 is 12.1 Å². The van der Waals surface area contributed by atoms with Crippen LogP contribution in [0.3, 0.4) is 0 Å². The number of alkyl halides is 3. The zero-order valence-corrected chi connectivity index (χ0v) is 10.7. The molecule has 0 aliphatic carbocycles. The fourth-order valence-corrected chi connectivity index (χ4v) is 3.52. The van der Waals surface area contributed by atoms with Crippen molar-refractivity contribution < 1.29 is 31.1 Å². The number of hydrogen-bond donors (Lipinski definition) is 0. The van der Waals surface area contributed by atoms with E-state index in [1.54, 1.807) is 0 Å². The average Bonchev–Trinajstić information content (AvgIpc) is 2.18. The van der Waals surface area contributed by atoms with Crippen molar-refractivity contribution in [2.45, 2.75) is 38.5 Å². The van der Waals surface area contributed by atoms with Gasteiger partial charge in [0.25, 0.3) is 0 Å². The van der Waals surface area contributed by atoms with Gasteiger partial charge in [0.05, 0.1) is 11.5 Å². The Kier molecular flexibility index (Phi) is 4.63. The largest absolute Gasteiger partial charge is 0.453 e. The molecule has 0 saturated carbocycles.